The fourth-order valence-electron chi connectivity index (χ4n) is 1.24. The maximum Gasteiger partial charge on any atom is 0.357 e. The predicted molar refractivity (Wildman–Crippen MR) is 49.1 cm³/mol. The molecular weight excluding hydrogens is 188 g/mol. The van der Waals surface area contributed by atoms with Crippen molar-refractivity contribution in [3.05, 3.63) is 23.0 Å². The third kappa shape index (κ3) is 1.12. The van der Waals surface area contributed by atoms with Gasteiger partial charge in [-0.2, -0.15) is 0 Å². The molecule has 0 saturated heterocycles. The van der Waals surface area contributed by atoms with Gasteiger partial charge in [0.25, 0.3) is 0 Å². The Morgan fingerprint density at radius 1 is 1.69 bits per heavy atom. The van der Waals surface area contributed by atoms with Crippen molar-refractivity contribution in [2.75, 3.05) is 7.11 Å². The van der Waals surface area contributed by atoms with Crippen molar-refractivity contribution in [1.82, 2.24) is 9.38 Å². The van der Waals surface area contributed by atoms with Crippen molar-refractivity contribution < 1.29 is 9.53 Å². The lowest BCUT2D eigenvalue weighted by Crippen LogP contribution is -2.06. The summed E-state index contributed by atoms with van der Waals surface area (Å²) in [6.07, 6.45) is 1.81. The van der Waals surface area contributed by atoms with Crippen LogP contribution in [0.2, 0.25) is 0 Å². The summed E-state index contributed by atoms with van der Waals surface area (Å²) in [5.74, 6) is -0.344. The molecule has 0 bridgehead atoms. The van der Waals surface area contributed by atoms with E-state index in [1.165, 1.54) is 18.4 Å². The van der Waals surface area contributed by atoms with Gasteiger partial charge in [-0.1, -0.05) is 0 Å². The van der Waals surface area contributed by atoms with Crippen LogP contribution in [-0.2, 0) is 4.74 Å². The molecule has 2 rings (SSSR count). The van der Waals surface area contributed by atoms with Crippen LogP contribution in [0.4, 0.5) is 0 Å². The third-order valence-electron chi connectivity index (χ3n) is 1.82. The Morgan fingerprint density at radius 2 is 2.46 bits per heavy atom. The minimum Gasteiger partial charge on any atom is -0.464 e. The number of fused-ring (bicyclic) bond motifs is 1. The first-order valence-electron chi connectivity index (χ1n) is 3.74. The highest BCUT2D eigenvalue weighted by Gasteiger charge is 2.16. The molecule has 0 spiro atoms. The van der Waals surface area contributed by atoms with Crippen molar-refractivity contribution in [1.29, 1.82) is 0 Å². The average molecular weight is 196 g/mol. The number of ether oxygens (including phenoxy) is 1. The Balaban J connectivity index is 2.70. The first kappa shape index (κ1) is 8.25. The van der Waals surface area contributed by atoms with E-state index >= 15 is 0 Å². The van der Waals surface area contributed by atoms with Gasteiger partial charge in [0.05, 0.1) is 12.8 Å². The van der Waals surface area contributed by atoms with Gasteiger partial charge >= 0.3 is 5.97 Å². The molecule has 4 nitrogen and oxygen atoms in total. The summed E-state index contributed by atoms with van der Waals surface area (Å²) in [4.78, 5) is 16.4. The summed E-state index contributed by atoms with van der Waals surface area (Å²) >= 11 is 1.49. The van der Waals surface area contributed by atoms with E-state index in [9.17, 15) is 4.79 Å². The average Bonchev–Trinajstić information content (AvgIpc) is 2.62. The molecule has 0 radical (unpaired) electrons. The van der Waals surface area contributed by atoms with Crippen LogP contribution in [0.15, 0.2) is 11.6 Å². The van der Waals surface area contributed by atoms with Crippen molar-refractivity contribution in [3.8, 4) is 0 Å². The Morgan fingerprint density at radius 3 is 3.15 bits per heavy atom. The topological polar surface area (TPSA) is 43.6 Å². The summed E-state index contributed by atoms with van der Waals surface area (Å²) < 4.78 is 6.40. The second kappa shape index (κ2) is 2.85. The van der Waals surface area contributed by atoms with E-state index in [-0.39, 0.29) is 5.97 Å². The monoisotopic (exact) mass is 196 g/mol. The lowest BCUT2D eigenvalue weighted by molar-refractivity contribution is 0.0592. The van der Waals surface area contributed by atoms with Crippen LogP contribution in [0.1, 0.15) is 16.2 Å². The number of carbonyl (C=O) groups excluding carboxylic acids is 1. The molecule has 5 heteroatoms. The van der Waals surface area contributed by atoms with Gasteiger partial charge in [-0.25, -0.2) is 9.78 Å². The fourth-order valence-corrected chi connectivity index (χ4v) is 2.00. The van der Waals surface area contributed by atoms with Gasteiger partial charge in [-0.05, 0) is 6.92 Å². The number of hydrogen-bond donors (Lipinski definition) is 0. The SMILES string of the molecule is COC(=O)c1c(C)nc2sccn12. The quantitative estimate of drug-likeness (QED) is 0.649. The van der Waals surface area contributed by atoms with E-state index in [1.807, 2.05) is 11.6 Å². The molecule has 0 N–H and O–H groups in total. The van der Waals surface area contributed by atoms with Gasteiger partial charge in [-0.3, -0.25) is 4.40 Å². The van der Waals surface area contributed by atoms with Crippen molar-refractivity contribution in [2.45, 2.75) is 6.92 Å². The van der Waals surface area contributed by atoms with Crippen molar-refractivity contribution in [2.24, 2.45) is 0 Å². The van der Waals surface area contributed by atoms with Gasteiger partial charge < -0.3 is 4.74 Å². The number of imidazole rings is 1. The Kier molecular flexibility index (Phi) is 1.81. The minimum atomic E-state index is -0.344. The summed E-state index contributed by atoms with van der Waals surface area (Å²) in [6, 6.07) is 0. The zero-order chi connectivity index (χ0) is 9.42. The molecule has 0 amide bonds. The van der Waals surface area contributed by atoms with E-state index in [2.05, 4.69) is 9.72 Å². The lowest BCUT2D eigenvalue weighted by Gasteiger charge is -1.96. The second-order valence-corrected chi connectivity index (χ2v) is 3.47. The molecule has 0 fully saturated rings. The molecule has 2 heterocycles. The number of rotatable bonds is 1. The zero-order valence-electron chi connectivity index (χ0n) is 7.27. The van der Waals surface area contributed by atoms with Crippen molar-refractivity contribution >= 4 is 22.3 Å². The number of esters is 1. The Hall–Kier alpha value is -1.36. The zero-order valence-corrected chi connectivity index (χ0v) is 8.09. The van der Waals surface area contributed by atoms with E-state index in [0.29, 0.717) is 11.4 Å². The summed E-state index contributed by atoms with van der Waals surface area (Å²) in [5.41, 5.74) is 1.22. The predicted octanol–water partition coefficient (Wildman–Crippen LogP) is 1.49. The minimum absolute atomic E-state index is 0.344. The van der Waals surface area contributed by atoms with E-state index in [4.69, 9.17) is 0 Å². The molecule has 0 unspecified atom stereocenters. The number of thiazole rings is 1. The van der Waals surface area contributed by atoms with Crippen LogP contribution in [0, 0.1) is 6.92 Å². The van der Waals surface area contributed by atoms with E-state index in [1.54, 1.807) is 11.3 Å². The highest BCUT2D eigenvalue weighted by molar-refractivity contribution is 7.15. The number of nitrogens with zero attached hydrogens (tertiary/aromatic N) is 2. The first-order chi connectivity index (χ1) is 6.24. The number of aryl methyl sites for hydroxylation is 1. The van der Waals surface area contributed by atoms with Crippen LogP contribution >= 0.6 is 11.3 Å². The summed E-state index contributed by atoms with van der Waals surface area (Å²) in [6.45, 7) is 1.80. The summed E-state index contributed by atoms with van der Waals surface area (Å²) in [7, 11) is 1.37. The second-order valence-electron chi connectivity index (χ2n) is 2.59. The first-order valence-corrected chi connectivity index (χ1v) is 4.62. The molecule has 13 heavy (non-hydrogen) atoms. The summed E-state index contributed by atoms with van der Waals surface area (Å²) in [5, 5.41) is 1.88. The fraction of sp³-hybridized carbons (Fsp3) is 0.250. The maximum absolute atomic E-state index is 11.3. The largest absolute Gasteiger partial charge is 0.464 e. The maximum atomic E-state index is 11.3. The van der Waals surface area contributed by atoms with Gasteiger partial charge in [0.1, 0.15) is 0 Å². The van der Waals surface area contributed by atoms with E-state index in [0.717, 1.165) is 4.96 Å². The normalized spacial score (nSPS) is 10.6. The standard InChI is InChI=1S/C8H8N2O2S/c1-5-6(7(11)12-2)10-3-4-13-8(10)9-5/h3-4H,1-2H3. The Bertz CT molecular complexity index is 458. The molecule has 68 valence electrons. The Labute approximate surface area is 78.8 Å². The van der Waals surface area contributed by atoms with Gasteiger partial charge in [0.15, 0.2) is 10.7 Å². The molecule has 0 aliphatic carbocycles. The molecule has 0 aliphatic heterocycles. The number of aromatic nitrogens is 2. The van der Waals surface area contributed by atoms with E-state index < -0.39 is 0 Å². The van der Waals surface area contributed by atoms with Crippen LogP contribution in [0.3, 0.4) is 0 Å². The molecule has 0 saturated carbocycles. The van der Waals surface area contributed by atoms with Gasteiger partial charge in [-0.15, -0.1) is 11.3 Å². The molecule has 2 aromatic heterocycles. The molecule has 0 aromatic carbocycles. The van der Waals surface area contributed by atoms with Gasteiger partial charge in [0, 0.05) is 11.6 Å². The highest BCUT2D eigenvalue weighted by atomic mass is 32.1. The lowest BCUT2D eigenvalue weighted by atomic mass is 10.3. The van der Waals surface area contributed by atoms with Crippen LogP contribution < -0.4 is 0 Å². The van der Waals surface area contributed by atoms with Crippen molar-refractivity contribution in [3.63, 3.8) is 0 Å². The third-order valence-corrected chi connectivity index (χ3v) is 2.57. The smallest absolute Gasteiger partial charge is 0.357 e. The molecule has 0 atom stereocenters. The number of carbonyl (C=O) groups is 1. The van der Waals surface area contributed by atoms with Crippen LogP contribution in [0.25, 0.3) is 4.96 Å². The molecular formula is C8H8N2O2S. The number of hydrogen-bond acceptors (Lipinski definition) is 4. The number of methoxy groups -OCH3 is 1. The van der Waals surface area contributed by atoms with Crippen LogP contribution in [0.5, 0.6) is 0 Å². The molecule has 2 aromatic rings. The molecule has 0 aliphatic rings. The highest BCUT2D eigenvalue weighted by Crippen LogP contribution is 2.17. The van der Waals surface area contributed by atoms with Gasteiger partial charge in [0.2, 0.25) is 0 Å². The van der Waals surface area contributed by atoms with Crippen LogP contribution in [-0.4, -0.2) is 22.5 Å².